The zero-order chi connectivity index (χ0) is 13.8. The number of rotatable bonds is 4. The molecule has 3 nitrogen and oxygen atoms in total. The summed E-state index contributed by atoms with van der Waals surface area (Å²) in [6, 6.07) is 17.9. The third-order valence-corrected chi connectivity index (χ3v) is 3.09. The smallest absolute Gasteiger partial charge is 0.226 e. The molecule has 3 heteroatoms. The molecule has 100 valence electrons. The van der Waals surface area contributed by atoms with E-state index >= 15 is 0 Å². The predicted octanol–water partition coefficient (Wildman–Crippen LogP) is 3.94. The summed E-state index contributed by atoms with van der Waals surface area (Å²) in [5, 5.41) is 0. The second kappa shape index (κ2) is 5.61. The minimum atomic E-state index is 0.656. The van der Waals surface area contributed by atoms with Gasteiger partial charge in [0.1, 0.15) is 11.5 Å². The molecule has 0 fully saturated rings. The first-order valence-corrected chi connectivity index (χ1v) is 6.48. The van der Waals surface area contributed by atoms with Crippen LogP contribution in [-0.2, 0) is 6.42 Å². The molecule has 0 bridgehead atoms. The molecule has 0 atom stereocenters. The third kappa shape index (κ3) is 2.72. The van der Waals surface area contributed by atoms with Crippen molar-refractivity contribution in [2.45, 2.75) is 6.42 Å². The van der Waals surface area contributed by atoms with Crippen LogP contribution in [0.25, 0.3) is 11.5 Å². The number of oxazole rings is 1. The second-order valence-corrected chi connectivity index (χ2v) is 4.53. The van der Waals surface area contributed by atoms with Gasteiger partial charge < -0.3 is 9.15 Å². The van der Waals surface area contributed by atoms with Crippen LogP contribution in [0.2, 0.25) is 0 Å². The standard InChI is InChI=1S/C17H15NO2/c1-19-15-9-5-6-13(10-15)11-16-12-18-17(20-16)14-7-3-2-4-8-14/h2-10,12H,11H2,1H3. The van der Waals surface area contributed by atoms with E-state index in [2.05, 4.69) is 4.98 Å². The summed E-state index contributed by atoms with van der Waals surface area (Å²) in [6.45, 7) is 0. The molecule has 0 aliphatic rings. The average Bonchev–Trinajstić information content (AvgIpc) is 2.97. The highest BCUT2D eigenvalue weighted by atomic mass is 16.5. The van der Waals surface area contributed by atoms with Gasteiger partial charge in [-0.05, 0) is 29.8 Å². The molecule has 0 aliphatic carbocycles. The molecule has 0 unspecified atom stereocenters. The van der Waals surface area contributed by atoms with E-state index in [-0.39, 0.29) is 0 Å². The Kier molecular flexibility index (Phi) is 3.50. The summed E-state index contributed by atoms with van der Waals surface area (Å²) < 4.78 is 11.0. The molecule has 0 N–H and O–H groups in total. The third-order valence-electron chi connectivity index (χ3n) is 3.09. The fourth-order valence-corrected chi connectivity index (χ4v) is 2.09. The topological polar surface area (TPSA) is 35.3 Å². The van der Waals surface area contributed by atoms with Gasteiger partial charge in [-0.25, -0.2) is 4.98 Å². The minimum Gasteiger partial charge on any atom is -0.497 e. The van der Waals surface area contributed by atoms with Crippen LogP contribution in [0.1, 0.15) is 11.3 Å². The Balaban J connectivity index is 1.80. The van der Waals surface area contributed by atoms with Crippen molar-refractivity contribution in [1.82, 2.24) is 4.98 Å². The fourth-order valence-electron chi connectivity index (χ4n) is 2.09. The summed E-state index contributed by atoms with van der Waals surface area (Å²) in [5.74, 6) is 2.35. The SMILES string of the molecule is COc1cccc(Cc2cnc(-c3ccccc3)o2)c1. The van der Waals surface area contributed by atoms with Crippen molar-refractivity contribution in [3.63, 3.8) is 0 Å². The van der Waals surface area contributed by atoms with Gasteiger partial charge in [0.25, 0.3) is 0 Å². The van der Waals surface area contributed by atoms with E-state index in [0.717, 1.165) is 22.6 Å². The lowest BCUT2D eigenvalue weighted by Gasteiger charge is -2.02. The lowest BCUT2D eigenvalue weighted by atomic mass is 10.1. The maximum Gasteiger partial charge on any atom is 0.226 e. The monoisotopic (exact) mass is 265 g/mol. The molecule has 0 aliphatic heterocycles. The summed E-state index contributed by atoms with van der Waals surface area (Å²) in [6.07, 6.45) is 2.48. The van der Waals surface area contributed by atoms with E-state index < -0.39 is 0 Å². The lowest BCUT2D eigenvalue weighted by molar-refractivity contribution is 0.414. The van der Waals surface area contributed by atoms with Gasteiger partial charge in [0, 0.05) is 12.0 Å². The first-order valence-electron chi connectivity index (χ1n) is 6.48. The molecule has 3 aromatic rings. The van der Waals surface area contributed by atoms with E-state index in [1.807, 2.05) is 54.6 Å². The largest absolute Gasteiger partial charge is 0.497 e. The highest BCUT2D eigenvalue weighted by Gasteiger charge is 2.07. The van der Waals surface area contributed by atoms with Crippen molar-refractivity contribution in [3.8, 4) is 17.2 Å². The van der Waals surface area contributed by atoms with Crippen LogP contribution in [-0.4, -0.2) is 12.1 Å². The predicted molar refractivity (Wildman–Crippen MR) is 77.7 cm³/mol. The molecule has 3 rings (SSSR count). The van der Waals surface area contributed by atoms with Gasteiger partial charge in [-0.1, -0.05) is 30.3 Å². The van der Waals surface area contributed by atoms with Crippen molar-refractivity contribution in [1.29, 1.82) is 0 Å². The Morgan fingerprint density at radius 1 is 1.05 bits per heavy atom. The van der Waals surface area contributed by atoms with Gasteiger partial charge in [-0.2, -0.15) is 0 Å². The van der Waals surface area contributed by atoms with E-state index in [0.29, 0.717) is 12.3 Å². The highest BCUT2D eigenvalue weighted by Crippen LogP contribution is 2.21. The van der Waals surface area contributed by atoms with Crippen LogP contribution in [0.15, 0.2) is 65.2 Å². The van der Waals surface area contributed by atoms with Gasteiger partial charge in [0.05, 0.1) is 13.3 Å². The van der Waals surface area contributed by atoms with Gasteiger partial charge in [0.2, 0.25) is 5.89 Å². The van der Waals surface area contributed by atoms with Crippen LogP contribution < -0.4 is 4.74 Å². The Morgan fingerprint density at radius 3 is 2.70 bits per heavy atom. The zero-order valence-electron chi connectivity index (χ0n) is 11.2. The van der Waals surface area contributed by atoms with Crippen LogP contribution in [0.5, 0.6) is 5.75 Å². The van der Waals surface area contributed by atoms with Gasteiger partial charge in [-0.15, -0.1) is 0 Å². The maximum atomic E-state index is 5.80. The molecular formula is C17H15NO2. The average molecular weight is 265 g/mol. The normalized spacial score (nSPS) is 10.4. The van der Waals surface area contributed by atoms with Crippen LogP contribution in [0, 0.1) is 0 Å². The number of benzene rings is 2. The molecule has 20 heavy (non-hydrogen) atoms. The first-order chi connectivity index (χ1) is 9.85. The molecule has 0 saturated heterocycles. The maximum absolute atomic E-state index is 5.80. The molecule has 1 aromatic heterocycles. The molecular weight excluding hydrogens is 250 g/mol. The number of ether oxygens (including phenoxy) is 1. The summed E-state index contributed by atoms with van der Waals surface area (Å²) in [4.78, 5) is 4.33. The number of methoxy groups -OCH3 is 1. The Labute approximate surface area is 117 Å². The van der Waals surface area contributed by atoms with E-state index in [1.165, 1.54) is 0 Å². The van der Waals surface area contributed by atoms with Crippen LogP contribution in [0.4, 0.5) is 0 Å². The highest BCUT2D eigenvalue weighted by molar-refractivity contribution is 5.52. The van der Waals surface area contributed by atoms with E-state index in [9.17, 15) is 0 Å². The van der Waals surface area contributed by atoms with Crippen molar-refractivity contribution < 1.29 is 9.15 Å². The lowest BCUT2D eigenvalue weighted by Crippen LogP contribution is -1.88. The quantitative estimate of drug-likeness (QED) is 0.716. The number of hydrogen-bond donors (Lipinski definition) is 0. The van der Waals surface area contributed by atoms with Crippen molar-refractivity contribution in [2.24, 2.45) is 0 Å². The van der Waals surface area contributed by atoms with Crippen molar-refractivity contribution >= 4 is 0 Å². The van der Waals surface area contributed by atoms with Gasteiger partial charge in [0.15, 0.2) is 0 Å². The minimum absolute atomic E-state index is 0.656. The van der Waals surface area contributed by atoms with Crippen molar-refractivity contribution in [3.05, 3.63) is 72.1 Å². The summed E-state index contributed by atoms with van der Waals surface area (Å²) >= 11 is 0. The number of nitrogens with zero attached hydrogens (tertiary/aromatic N) is 1. The molecule has 0 saturated carbocycles. The number of hydrogen-bond acceptors (Lipinski definition) is 3. The summed E-state index contributed by atoms with van der Waals surface area (Å²) in [7, 11) is 1.67. The Hall–Kier alpha value is -2.55. The first kappa shape index (κ1) is 12.5. The molecule has 0 spiro atoms. The van der Waals surface area contributed by atoms with Gasteiger partial charge >= 0.3 is 0 Å². The molecule has 0 amide bonds. The van der Waals surface area contributed by atoms with E-state index in [1.54, 1.807) is 13.3 Å². The molecule has 1 heterocycles. The van der Waals surface area contributed by atoms with Crippen molar-refractivity contribution in [2.75, 3.05) is 7.11 Å². The molecule has 0 radical (unpaired) electrons. The van der Waals surface area contributed by atoms with Gasteiger partial charge in [-0.3, -0.25) is 0 Å². The fraction of sp³-hybridized carbons (Fsp3) is 0.118. The zero-order valence-corrected chi connectivity index (χ0v) is 11.2. The second-order valence-electron chi connectivity index (χ2n) is 4.53. The van der Waals surface area contributed by atoms with E-state index in [4.69, 9.17) is 9.15 Å². The molecule has 2 aromatic carbocycles. The summed E-state index contributed by atoms with van der Waals surface area (Å²) in [5.41, 5.74) is 2.13. The Bertz CT molecular complexity index is 689. The van der Waals surface area contributed by atoms with Crippen LogP contribution >= 0.6 is 0 Å². The van der Waals surface area contributed by atoms with Crippen LogP contribution in [0.3, 0.4) is 0 Å². The Morgan fingerprint density at radius 2 is 1.90 bits per heavy atom. The number of aromatic nitrogens is 1.